The van der Waals surface area contributed by atoms with Crippen molar-refractivity contribution in [3.63, 3.8) is 0 Å². The molecular weight excluding hydrogens is 240 g/mol. The first kappa shape index (κ1) is 13.3. The van der Waals surface area contributed by atoms with Crippen LogP contribution in [0.25, 0.3) is 11.3 Å². The van der Waals surface area contributed by atoms with Gasteiger partial charge in [0.15, 0.2) is 0 Å². The number of carboxylic acids is 1. The monoisotopic (exact) mass is 258 g/mol. The van der Waals surface area contributed by atoms with Gasteiger partial charge in [0.1, 0.15) is 0 Å². The second-order valence-electron chi connectivity index (χ2n) is 4.99. The molecule has 4 nitrogen and oxygen atoms in total. The molecule has 2 aromatic rings. The molecule has 0 aliphatic carbocycles. The highest BCUT2D eigenvalue weighted by atomic mass is 16.4. The minimum atomic E-state index is -0.861. The van der Waals surface area contributed by atoms with Gasteiger partial charge in [-0.05, 0) is 23.1 Å². The van der Waals surface area contributed by atoms with Crippen LogP contribution in [0, 0.1) is 0 Å². The number of carbonyl (C=O) groups is 1. The van der Waals surface area contributed by atoms with Crippen molar-refractivity contribution in [2.45, 2.75) is 26.2 Å². The first-order valence-electron chi connectivity index (χ1n) is 6.32. The molecule has 0 amide bonds. The van der Waals surface area contributed by atoms with E-state index in [1.807, 2.05) is 13.1 Å². The van der Waals surface area contributed by atoms with Crippen LogP contribution in [0.2, 0.25) is 0 Å². The molecule has 0 radical (unpaired) electrons. The Kier molecular flexibility index (Phi) is 3.69. The first-order valence-corrected chi connectivity index (χ1v) is 6.32. The third-order valence-electron chi connectivity index (χ3n) is 3.14. The zero-order chi connectivity index (χ0) is 14.0. The van der Waals surface area contributed by atoms with E-state index in [-0.39, 0.29) is 6.42 Å². The van der Waals surface area contributed by atoms with E-state index >= 15 is 0 Å². The number of rotatable bonds is 4. The molecule has 0 saturated heterocycles. The third-order valence-corrected chi connectivity index (χ3v) is 3.14. The van der Waals surface area contributed by atoms with E-state index in [0.29, 0.717) is 11.6 Å². The van der Waals surface area contributed by atoms with Gasteiger partial charge in [0.25, 0.3) is 0 Å². The molecule has 1 aromatic carbocycles. The van der Waals surface area contributed by atoms with Crippen LogP contribution in [-0.4, -0.2) is 20.9 Å². The summed E-state index contributed by atoms with van der Waals surface area (Å²) in [5, 5.41) is 13.0. The Labute approximate surface area is 112 Å². The number of aliphatic carboxylic acids is 1. The molecule has 1 N–H and O–H groups in total. The molecule has 1 heterocycles. The maximum atomic E-state index is 10.7. The summed E-state index contributed by atoms with van der Waals surface area (Å²) in [7, 11) is 1.83. The quantitative estimate of drug-likeness (QED) is 0.917. The average Bonchev–Trinajstić information content (AvgIpc) is 2.69. The van der Waals surface area contributed by atoms with Crippen LogP contribution in [0.1, 0.15) is 31.0 Å². The van der Waals surface area contributed by atoms with E-state index < -0.39 is 5.97 Å². The average molecular weight is 258 g/mol. The summed E-state index contributed by atoms with van der Waals surface area (Å²) in [4.78, 5) is 10.7. The Morgan fingerprint density at radius 2 is 1.95 bits per heavy atom. The second kappa shape index (κ2) is 5.26. The maximum absolute atomic E-state index is 10.7. The molecule has 4 heteroatoms. The molecular formula is C15H18N2O2. The number of aromatic nitrogens is 2. The van der Waals surface area contributed by atoms with Gasteiger partial charge in [-0.15, -0.1) is 0 Å². The second-order valence-corrected chi connectivity index (χ2v) is 4.99. The highest BCUT2D eigenvalue weighted by Gasteiger charge is 2.10. The van der Waals surface area contributed by atoms with Gasteiger partial charge in [-0.2, -0.15) is 5.10 Å². The van der Waals surface area contributed by atoms with Crippen molar-refractivity contribution in [1.29, 1.82) is 0 Å². The first-order chi connectivity index (χ1) is 8.97. The summed E-state index contributed by atoms with van der Waals surface area (Å²) in [6.45, 7) is 4.31. The minimum Gasteiger partial charge on any atom is -0.481 e. The minimum absolute atomic E-state index is 0.0437. The number of benzene rings is 1. The van der Waals surface area contributed by atoms with Gasteiger partial charge >= 0.3 is 5.97 Å². The molecule has 0 aliphatic rings. The summed E-state index contributed by atoms with van der Waals surface area (Å²) >= 11 is 0. The van der Waals surface area contributed by atoms with Crippen LogP contribution in [0.4, 0.5) is 0 Å². The van der Waals surface area contributed by atoms with Crippen molar-refractivity contribution in [1.82, 2.24) is 9.78 Å². The summed E-state index contributed by atoms with van der Waals surface area (Å²) in [6.07, 6.45) is -0.0437. The van der Waals surface area contributed by atoms with Gasteiger partial charge in [0.2, 0.25) is 0 Å². The zero-order valence-electron chi connectivity index (χ0n) is 11.4. The van der Waals surface area contributed by atoms with E-state index in [2.05, 4.69) is 43.2 Å². The number of hydrogen-bond acceptors (Lipinski definition) is 2. The summed E-state index contributed by atoms with van der Waals surface area (Å²) in [6, 6.07) is 10.1. The third kappa shape index (κ3) is 3.02. The highest BCUT2D eigenvalue weighted by Crippen LogP contribution is 2.23. The van der Waals surface area contributed by atoms with Gasteiger partial charge in [-0.3, -0.25) is 9.48 Å². The van der Waals surface area contributed by atoms with Crippen LogP contribution in [0.3, 0.4) is 0 Å². The molecule has 19 heavy (non-hydrogen) atoms. The van der Waals surface area contributed by atoms with Gasteiger partial charge < -0.3 is 5.11 Å². The van der Waals surface area contributed by atoms with E-state index in [9.17, 15) is 4.79 Å². The summed E-state index contributed by atoms with van der Waals surface area (Å²) in [5.41, 5.74) is 3.86. The SMILES string of the molecule is CC(C)c1ccc(-c2cc(CC(=O)O)nn2C)cc1. The molecule has 0 spiro atoms. The smallest absolute Gasteiger partial charge is 0.309 e. The topological polar surface area (TPSA) is 55.1 Å². The molecule has 0 unspecified atom stereocenters. The van der Waals surface area contributed by atoms with Crippen molar-refractivity contribution in [3.8, 4) is 11.3 Å². The number of aryl methyl sites for hydroxylation is 1. The summed E-state index contributed by atoms with van der Waals surface area (Å²) < 4.78 is 1.72. The Bertz CT molecular complexity index is 583. The number of carboxylic acid groups (broad SMARTS) is 1. The molecule has 1 aromatic heterocycles. The Hall–Kier alpha value is -2.10. The predicted octanol–water partition coefficient (Wildman–Crippen LogP) is 2.84. The van der Waals surface area contributed by atoms with Crippen molar-refractivity contribution in [3.05, 3.63) is 41.6 Å². The van der Waals surface area contributed by atoms with E-state index in [1.165, 1.54) is 5.56 Å². The Balaban J connectivity index is 2.30. The van der Waals surface area contributed by atoms with Crippen LogP contribution < -0.4 is 0 Å². The van der Waals surface area contributed by atoms with E-state index in [0.717, 1.165) is 11.3 Å². The van der Waals surface area contributed by atoms with Crippen molar-refractivity contribution in [2.75, 3.05) is 0 Å². The van der Waals surface area contributed by atoms with Crippen molar-refractivity contribution >= 4 is 5.97 Å². The fourth-order valence-corrected chi connectivity index (χ4v) is 2.08. The molecule has 0 aliphatic heterocycles. The largest absolute Gasteiger partial charge is 0.481 e. The van der Waals surface area contributed by atoms with Crippen molar-refractivity contribution in [2.24, 2.45) is 7.05 Å². The Morgan fingerprint density at radius 3 is 2.47 bits per heavy atom. The lowest BCUT2D eigenvalue weighted by Gasteiger charge is -2.07. The highest BCUT2D eigenvalue weighted by molar-refractivity contribution is 5.70. The fourth-order valence-electron chi connectivity index (χ4n) is 2.08. The molecule has 2 rings (SSSR count). The van der Waals surface area contributed by atoms with Gasteiger partial charge in [-0.25, -0.2) is 0 Å². The maximum Gasteiger partial charge on any atom is 0.309 e. The predicted molar refractivity (Wildman–Crippen MR) is 74.1 cm³/mol. The van der Waals surface area contributed by atoms with Crippen LogP contribution in [0.15, 0.2) is 30.3 Å². The molecule has 0 atom stereocenters. The summed E-state index contributed by atoms with van der Waals surface area (Å²) in [5.74, 6) is -0.358. The normalized spacial score (nSPS) is 10.9. The lowest BCUT2D eigenvalue weighted by atomic mass is 10.0. The molecule has 0 saturated carbocycles. The zero-order valence-corrected chi connectivity index (χ0v) is 11.4. The lowest BCUT2D eigenvalue weighted by Crippen LogP contribution is -2.01. The van der Waals surface area contributed by atoms with Gasteiger partial charge in [0.05, 0.1) is 17.8 Å². The number of nitrogens with zero attached hydrogens (tertiary/aromatic N) is 2. The van der Waals surface area contributed by atoms with E-state index in [1.54, 1.807) is 4.68 Å². The fraction of sp³-hybridized carbons (Fsp3) is 0.333. The molecule has 100 valence electrons. The molecule has 0 fully saturated rings. The van der Waals surface area contributed by atoms with Crippen LogP contribution in [0.5, 0.6) is 0 Å². The number of hydrogen-bond donors (Lipinski definition) is 1. The standard InChI is InChI=1S/C15H18N2O2/c1-10(2)11-4-6-12(7-5-11)14-8-13(9-15(18)19)16-17(14)3/h4-8,10H,9H2,1-3H3,(H,18,19). The Morgan fingerprint density at radius 1 is 1.32 bits per heavy atom. The van der Waals surface area contributed by atoms with Gasteiger partial charge in [0, 0.05) is 7.05 Å². The van der Waals surface area contributed by atoms with Crippen molar-refractivity contribution < 1.29 is 9.90 Å². The van der Waals surface area contributed by atoms with Crippen LogP contribution >= 0.6 is 0 Å². The van der Waals surface area contributed by atoms with Crippen LogP contribution in [-0.2, 0) is 18.3 Å². The van der Waals surface area contributed by atoms with E-state index in [4.69, 9.17) is 5.11 Å². The lowest BCUT2D eigenvalue weighted by molar-refractivity contribution is -0.136. The molecule has 0 bridgehead atoms. The van der Waals surface area contributed by atoms with Gasteiger partial charge in [-0.1, -0.05) is 38.1 Å².